The van der Waals surface area contributed by atoms with E-state index in [0.717, 1.165) is 0 Å². The summed E-state index contributed by atoms with van der Waals surface area (Å²) in [7, 11) is 2.96. The van der Waals surface area contributed by atoms with Gasteiger partial charge in [0, 0.05) is 29.8 Å². The molecule has 27 heavy (non-hydrogen) atoms. The number of rotatable bonds is 7. The predicted octanol–water partition coefficient (Wildman–Crippen LogP) is 4.00. The van der Waals surface area contributed by atoms with Crippen LogP contribution < -0.4 is 20.1 Å². The second-order valence-corrected chi connectivity index (χ2v) is 6.73. The van der Waals surface area contributed by atoms with E-state index in [9.17, 15) is 9.59 Å². The number of carbonyl (C=O) groups is 2. The third-order valence-electron chi connectivity index (χ3n) is 3.78. The maximum absolute atomic E-state index is 12.6. The Bertz CT molecular complexity index is 837. The fourth-order valence-corrected chi connectivity index (χ4v) is 2.58. The molecule has 0 radical (unpaired) electrons. The van der Waals surface area contributed by atoms with Crippen molar-refractivity contribution in [3.63, 3.8) is 0 Å². The van der Waals surface area contributed by atoms with Crippen molar-refractivity contribution in [1.29, 1.82) is 0 Å². The number of anilines is 1. The average molecular weight is 391 g/mol. The molecule has 2 rings (SSSR count). The lowest BCUT2D eigenvalue weighted by molar-refractivity contribution is 0.0949. The Morgan fingerprint density at radius 2 is 1.63 bits per heavy atom. The fraction of sp³-hybridized carbons (Fsp3) is 0.300. The Balaban J connectivity index is 2.21. The van der Waals surface area contributed by atoms with Crippen LogP contribution in [0.25, 0.3) is 0 Å². The summed E-state index contributed by atoms with van der Waals surface area (Å²) < 4.78 is 10.4. The number of carbonyl (C=O) groups excluding carboxylic acids is 2. The summed E-state index contributed by atoms with van der Waals surface area (Å²) in [6, 6.07) is 9.65. The highest BCUT2D eigenvalue weighted by Crippen LogP contribution is 2.36. The van der Waals surface area contributed by atoms with Crippen LogP contribution in [0.5, 0.6) is 11.5 Å². The Morgan fingerprint density at radius 3 is 2.22 bits per heavy atom. The van der Waals surface area contributed by atoms with Gasteiger partial charge in [-0.15, -0.1) is 0 Å². The van der Waals surface area contributed by atoms with Crippen LogP contribution in [0, 0.1) is 5.92 Å². The van der Waals surface area contributed by atoms with E-state index >= 15 is 0 Å². The Kier molecular flexibility index (Phi) is 7.07. The monoisotopic (exact) mass is 390 g/mol. The lowest BCUT2D eigenvalue weighted by Crippen LogP contribution is -2.27. The van der Waals surface area contributed by atoms with E-state index in [1.54, 1.807) is 36.4 Å². The third kappa shape index (κ3) is 5.37. The highest BCUT2D eigenvalue weighted by molar-refractivity contribution is 6.32. The van der Waals surface area contributed by atoms with Crippen molar-refractivity contribution in [1.82, 2.24) is 5.32 Å². The highest BCUT2D eigenvalue weighted by atomic mass is 35.5. The number of amides is 2. The molecule has 2 aromatic rings. The van der Waals surface area contributed by atoms with E-state index < -0.39 is 0 Å². The van der Waals surface area contributed by atoms with Crippen LogP contribution >= 0.6 is 11.6 Å². The largest absolute Gasteiger partial charge is 0.495 e. The SMILES string of the molecule is COc1cc(NC(=O)c2cccc(C(=O)NCC(C)C)c2)c(OC)cc1Cl. The highest BCUT2D eigenvalue weighted by Gasteiger charge is 2.15. The molecule has 0 fully saturated rings. The standard InChI is InChI=1S/C20H23ClN2O4/c1-12(2)11-22-19(24)13-6-5-7-14(8-13)20(25)23-16-10-17(26-3)15(21)9-18(16)27-4/h5-10,12H,11H2,1-4H3,(H,22,24)(H,23,25). The summed E-state index contributed by atoms with van der Waals surface area (Å²) in [5.74, 6) is 0.558. The van der Waals surface area contributed by atoms with Gasteiger partial charge in [0.05, 0.1) is 24.9 Å². The molecule has 0 aromatic heterocycles. The van der Waals surface area contributed by atoms with E-state index in [1.807, 2.05) is 13.8 Å². The van der Waals surface area contributed by atoms with Gasteiger partial charge in [-0.25, -0.2) is 0 Å². The van der Waals surface area contributed by atoms with Gasteiger partial charge >= 0.3 is 0 Å². The molecule has 7 heteroatoms. The smallest absolute Gasteiger partial charge is 0.255 e. The molecule has 0 heterocycles. The number of ether oxygens (including phenoxy) is 2. The number of halogens is 1. The van der Waals surface area contributed by atoms with E-state index in [-0.39, 0.29) is 11.8 Å². The molecule has 0 aliphatic carbocycles. The van der Waals surface area contributed by atoms with E-state index in [4.69, 9.17) is 21.1 Å². The lowest BCUT2D eigenvalue weighted by Gasteiger charge is -2.13. The van der Waals surface area contributed by atoms with Crippen LogP contribution in [-0.4, -0.2) is 32.6 Å². The zero-order valence-electron chi connectivity index (χ0n) is 15.8. The van der Waals surface area contributed by atoms with Gasteiger partial charge < -0.3 is 20.1 Å². The maximum atomic E-state index is 12.6. The summed E-state index contributed by atoms with van der Waals surface area (Å²) in [5.41, 5.74) is 1.19. The molecule has 0 bridgehead atoms. The number of methoxy groups -OCH3 is 2. The van der Waals surface area contributed by atoms with Crippen molar-refractivity contribution in [2.45, 2.75) is 13.8 Å². The third-order valence-corrected chi connectivity index (χ3v) is 4.08. The van der Waals surface area contributed by atoms with Crippen molar-refractivity contribution in [2.75, 3.05) is 26.1 Å². The summed E-state index contributed by atoms with van der Waals surface area (Å²) in [4.78, 5) is 24.8. The van der Waals surface area contributed by atoms with E-state index in [1.165, 1.54) is 14.2 Å². The van der Waals surface area contributed by atoms with Gasteiger partial charge in [-0.3, -0.25) is 9.59 Å². The Morgan fingerprint density at radius 1 is 1.00 bits per heavy atom. The first kappa shape index (κ1) is 20.6. The first-order valence-electron chi connectivity index (χ1n) is 8.46. The van der Waals surface area contributed by atoms with Crippen LogP contribution in [0.3, 0.4) is 0 Å². The molecule has 0 spiro atoms. The zero-order chi connectivity index (χ0) is 20.0. The number of nitrogens with one attached hydrogen (secondary N) is 2. The Labute approximate surface area is 163 Å². The number of hydrogen-bond donors (Lipinski definition) is 2. The van der Waals surface area contributed by atoms with Crippen LogP contribution in [0.2, 0.25) is 5.02 Å². The van der Waals surface area contributed by atoms with Crippen molar-refractivity contribution in [2.24, 2.45) is 5.92 Å². The average Bonchev–Trinajstić information content (AvgIpc) is 2.66. The van der Waals surface area contributed by atoms with Crippen molar-refractivity contribution >= 4 is 29.1 Å². The minimum Gasteiger partial charge on any atom is -0.495 e. The zero-order valence-corrected chi connectivity index (χ0v) is 16.5. The molecule has 2 N–H and O–H groups in total. The molecule has 2 amide bonds. The first-order chi connectivity index (χ1) is 12.8. The maximum Gasteiger partial charge on any atom is 0.255 e. The second kappa shape index (κ2) is 9.28. The molecule has 6 nitrogen and oxygen atoms in total. The normalized spacial score (nSPS) is 10.4. The summed E-state index contributed by atoms with van der Waals surface area (Å²) in [5, 5.41) is 5.97. The molecular formula is C20H23ClN2O4. The number of hydrogen-bond acceptors (Lipinski definition) is 4. The lowest BCUT2D eigenvalue weighted by atomic mass is 10.1. The van der Waals surface area contributed by atoms with Crippen LogP contribution in [0.1, 0.15) is 34.6 Å². The molecule has 0 unspecified atom stereocenters. The molecule has 0 saturated carbocycles. The van der Waals surface area contributed by atoms with Gasteiger partial charge in [0.2, 0.25) is 0 Å². The van der Waals surface area contributed by atoms with Crippen LogP contribution in [0.15, 0.2) is 36.4 Å². The van der Waals surface area contributed by atoms with Crippen LogP contribution in [-0.2, 0) is 0 Å². The predicted molar refractivity (Wildman–Crippen MR) is 106 cm³/mol. The molecule has 2 aromatic carbocycles. The Hall–Kier alpha value is -2.73. The molecule has 0 aliphatic heterocycles. The van der Waals surface area contributed by atoms with Gasteiger partial charge in [-0.1, -0.05) is 31.5 Å². The minimum absolute atomic E-state index is 0.218. The summed E-state index contributed by atoms with van der Waals surface area (Å²) >= 11 is 6.08. The molecular weight excluding hydrogens is 368 g/mol. The minimum atomic E-state index is -0.379. The van der Waals surface area contributed by atoms with Crippen molar-refractivity contribution in [3.8, 4) is 11.5 Å². The van der Waals surface area contributed by atoms with E-state index in [0.29, 0.717) is 45.8 Å². The van der Waals surface area contributed by atoms with Gasteiger partial charge in [0.25, 0.3) is 11.8 Å². The van der Waals surface area contributed by atoms with Crippen molar-refractivity contribution in [3.05, 3.63) is 52.5 Å². The van der Waals surface area contributed by atoms with E-state index in [2.05, 4.69) is 10.6 Å². The quantitative estimate of drug-likeness (QED) is 0.749. The second-order valence-electron chi connectivity index (χ2n) is 6.33. The first-order valence-corrected chi connectivity index (χ1v) is 8.84. The topological polar surface area (TPSA) is 76.7 Å². The molecule has 0 saturated heterocycles. The van der Waals surface area contributed by atoms with Gasteiger partial charge in [0.15, 0.2) is 0 Å². The van der Waals surface area contributed by atoms with Gasteiger partial charge in [-0.2, -0.15) is 0 Å². The van der Waals surface area contributed by atoms with Crippen LogP contribution in [0.4, 0.5) is 5.69 Å². The molecule has 0 aliphatic rings. The summed E-state index contributed by atoms with van der Waals surface area (Å²) in [6.07, 6.45) is 0. The van der Waals surface area contributed by atoms with Gasteiger partial charge in [0.1, 0.15) is 11.5 Å². The molecule has 0 atom stereocenters. The summed E-state index contributed by atoms with van der Waals surface area (Å²) in [6.45, 7) is 4.59. The fourth-order valence-electron chi connectivity index (χ4n) is 2.35. The van der Waals surface area contributed by atoms with Gasteiger partial charge in [-0.05, 0) is 24.1 Å². The number of benzene rings is 2. The van der Waals surface area contributed by atoms with Crippen molar-refractivity contribution < 1.29 is 19.1 Å². The molecule has 144 valence electrons.